The predicted octanol–water partition coefficient (Wildman–Crippen LogP) is 14.2. The molecule has 332 valence electrons. The van der Waals surface area contributed by atoms with E-state index in [1.165, 1.54) is 22.3 Å². The van der Waals surface area contributed by atoms with Gasteiger partial charge in [0.05, 0.1) is 20.6 Å². The highest BCUT2D eigenvalue weighted by atomic mass is 32.2. The molecule has 0 fully saturated rings. The molecule has 2 aliphatic carbocycles. The fourth-order valence-electron chi connectivity index (χ4n) is 10.8. The number of ether oxygens (including phenoxy) is 2. The van der Waals surface area contributed by atoms with E-state index in [0.717, 1.165) is 44.5 Å². The van der Waals surface area contributed by atoms with E-state index in [1.54, 1.807) is 72.8 Å². The van der Waals surface area contributed by atoms with Gasteiger partial charge in [0.25, 0.3) is 0 Å². The van der Waals surface area contributed by atoms with E-state index < -0.39 is 20.7 Å². The van der Waals surface area contributed by atoms with Gasteiger partial charge in [0, 0.05) is 0 Å². The summed E-state index contributed by atoms with van der Waals surface area (Å²) in [5, 5.41) is 20.5. The van der Waals surface area contributed by atoms with Gasteiger partial charge in [0.2, 0.25) is 9.84 Å². The number of phenols is 2. The molecule has 0 unspecified atom stereocenters. The molecule has 0 saturated heterocycles. The van der Waals surface area contributed by atoms with Gasteiger partial charge in [-0.1, -0.05) is 146 Å². The number of hydrogen-bond donors (Lipinski definition) is 2. The van der Waals surface area contributed by atoms with Crippen LogP contribution in [0.15, 0.2) is 252 Å². The van der Waals surface area contributed by atoms with Crippen molar-refractivity contribution >= 4 is 9.84 Å². The van der Waals surface area contributed by atoms with E-state index in [2.05, 4.69) is 121 Å². The van der Waals surface area contributed by atoms with Gasteiger partial charge in [0.1, 0.15) is 34.5 Å². The summed E-state index contributed by atoms with van der Waals surface area (Å²) in [6, 6.07) is 77.7. The van der Waals surface area contributed by atoms with Crippen molar-refractivity contribution in [3.05, 3.63) is 287 Å². The lowest BCUT2D eigenvalue weighted by Crippen LogP contribution is -2.28. The first-order valence-electron chi connectivity index (χ1n) is 22.7. The number of benzene rings is 10. The van der Waals surface area contributed by atoms with Crippen LogP contribution in [-0.2, 0) is 20.7 Å². The Morgan fingerprint density at radius 3 is 0.797 bits per heavy atom. The van der Waals surface area contributed by atoms with Crippen LogP contribution in [0.4, 0.5) is 0 Å². The van der Waals surface area contributed by atoms with Crippen LogP contribution >= 0.6 is 0 Å². The zero-order valence-corrected chi connectivity index (χ0v) is 37.8. The van der Waals surface area contributed by atoms with Crippen LogP contribution in [0.3, 0.4) is 0 Å². The van der Waals surface area contributed by atoms with Gasteiger partial charge >= 0.3 is 0 Å². The van der Waals surface area contributed by atoms with Crippen molar-refractivity contribution < 1.29 is 28.1 Å². The Labute approximate surface area is 400 Å². The highest BCUT2D eigenvalue weighted by Gasteiger charge is 2.47. The van der Waals surface area contributed by atoms with Gasteiger partial charge in [0.15, 0.2) is 0 Å². The highest BCUT2D eigenvalue weighted by Crippen LogP contribution is 2.58. The molecule has 2 aliphatic rings. The first-order valence-corrected chi connectivity index (χ1v) is 24.2. The third-order valence-electron chi connectivity index (χ3n) is 13.8. The van der Waals surface area contributed by atoms with E-state index in [4.69, 9.17) is 9.47 Å². The lowest BCUT2D eigenvalue weighted by molar-refractivity contribution is 0.474. The van der Waals surface area contributed by atoms with Crippen LogP contribution in [-0.4, -0.2) is 18.6 Å². The molecule has 0 amide bonds. The van der Waals surface area contributed by atoms with Crippen molar-refractivity contribution in [2.75, 3.05) is 0 Å². The van der Waals surface area contributed by atoms with Crippen molar-refractivity contribution in [1.29, 1.82) is 0 Å². The molecule has 10 aromatic carbocycles. The number of phenolic OH excluding ortho intramolecular Hbond substituents is 2. The topological polar surface area (TPSA) is 93.1 Å². The Kier molecular flexibility index (Phi) is 9.86. The van der Waals surface area contributed by atoms with Gasteiger partial charge in [-0.15, -0.1) is 0 Å². The molecule has 0 bridgehead atoms. The quantitative estimate of drug-likeness (QED) is 0.142. The molecule has 2 N–H and O–H groups in total. The second kappa shape index (κ2) is 16.3. The van der Waals surface area contributed by atoms with E-state index in [0.29, 0.717) is 23.0 Å². The number of sulfone groups is 1. The Balaban J connectivity index is 0.768. The maximum absolute atomic E-state index is 13.9. The Bertz CT molecular complexity index is 3330. The van der Waals surface area contributed by atoms with Crippen molar-refractivity contribution in [3.8, 4) is 56.8 Å². The lowest BCUT2D eigenvalue weighted by atomic mass is 9.68. The minimum absolute atomic E-state index is 0.140. The largest absolute Gasteiger partial charge is 0.508 e. The molecular weight excluding hydrogens is 873 g/mol. The van der Waals surface area contributed by atoms with Gasteiger partial charge in [-0.25, -0.2) is 8.42 Å². The van der Waals surface area contributed by atoms with Crippen LogP contribution in [0.2, 0.25) is 0 Å². The zero-order valence-electron chi connectivity index (χ0n) is 37.0. The number of rotatable bonds is 10. The first kappa shape index (κ1) is 41.8. The maximum atomic E-state index is 13.9. The Morgan fingerprint density at radius 2 is 0.522 bits per heavy atom. The molecule has 12 rings (SSSR count). The molecule has 69 heavy (non-hydrogen) atoms. The molecule has 0 heterocycles. The van der Waals surface area contributed by atoms with Gasteiger partial charge in [-0.3, -0.25) is 0 Å². The first-order chi connectivity index (χ1) is 33.7. The van der Waals surface area contributed by atoms with E-state index in [-0.39, 0.29) is 21.3 Å². The zero-order chi connectivity index (χ0) is 46.7. The van der Waals surface area contributed by atoms with Crippen LogP contribution in [0.25, 0.3) is 22.3 Å². The molecule has 10 aromatic rings. The highest BCUT2D eigenvalue weighted by molar-refractivity contribution is 7.91. The SMILES string of the molecule is O=S(=O)(c1ccc(Oc2ccc(C3(c4ccc(O)cc4)c4ccccc4-c4ccccc43)cc2)cc1)c1ccc(Oc2ccc(C3(c4ccc(O)cc4)c4ccccc4-c4ccccc43)cc2)cc1. The summed E-state index contributed by atoms with van der Waals surface area (Å²) in [4.78, 5) is 0.281. The van der Waals surface area contributed by atoms with Crippen LogP contribution in [0.1, 0.15) is 44.5 Å². The second-order valence-electron chi connectivity index (χ2n) is 17.5. The molecule has 0 saturated carbocycles. The third-order valence-corrected chi connectivity index (χ3v) is 15.6. The van der Waals surface area contributed by atoms with Gasteiger partial charge < -0.3 is 19.7 Å². The minimum atomic E-state index is -3.86. The lowest BCUT2D eigenvalue weighted by Gasteiger charge is -2.34. The molecule has 0 spiro atoms. The molecule has 6 nitrogen and oxygen atoms in total. The van der Waals surface area contributed by atoms with E-state index >= 15 is 0 Å². The summed E-state index contributed by atoms with van der Waals surface area (Å²) >= 11 is 0. The van der Waals surface area contributed by atoms with Crippen LogP contribution < -0.4 is 9.47 Å². The third kappa shape index (κ3) is 6.65. The monoisotopic (exact) mass is 914 g/mol. The summed E-state index contributed by atoms with van der Waals surface area (Å²) < 4.78 is 40.3. The van der Waals surface area contributed by atoms with Gasteiger partial charge in [-0.05, 0) is 164 Å². The fraction of sp³-hybridized carbons (Fsp3) is 0.0323. The fourth-order valence-corrected chi connectivity index (χ4v) is 12.1. The van der Waals surface area contributed by atoms with E-state index in [1.807, 2.05) is 48.5 Å². The molecule has 7 heteroatoms. The molecule has 0 aromatic heterocycles. The smallest absolute Gasteiger partial charge is 0.206 e. The molecule has 0 radical (unpaired) electrons. The summed E-state index contributed by atoms with van der Waals surface area (Å²) in [5.74, 6) is 2.61. The van der Waals surface area contributed by atoms with Crippen molar-refractivity contribution in [2.24, 2.45) is 0 Å². The number of aromatic hydroxyl groups is 2. The second-order valence-corrected chi connectivity index (χ2v) is 19.4. The summed E-state index contributed by atoms with van der Waals surface area (Å²) in [6.45, 7) is 0. The predicted molar refractivity (Wildman–Crippen MR) is 269 cm³/mol. The van der Waals surface area contributed by atoms with Crippen molar-refractivity contribution in [2.45, 2.75) is 20.6 Å². The van der Waals surface area contributed by atoms with E-state index in [9.17, 15) is 18.6 Å². The molecular formula is C62H42O6S. The molecule has 0 atom stereocenters. The van der Waals surface area contributed by atoms with Crippen molar-refractivity contribution in [1.82, 2.24) is 0 Å². The molecule has 0 aliphatic heterocycles. The van der Waals surface area contributed by atoms with Crippen LogP contribution in [0, 0.1) is 0 Å². The average Bonchev–Trinajstić information content (AvgIpc) is 3.86. The Morgan fingerprint density at radius 1 is 0.290 bits per heavy atom. The van der Waals surface area contributed by atoms with Crippen molar-refractivity contribution in [3.63, 3.8) is 0 Å². The normalized spacial score (nSPS) is 13.7. The maximum Gasteiger partial charge on any atom is 0.206 e. The van der Waals surface area contributed by atoms with Gasteiger partial charge in [-0.2, -0.15) is 0 Å². The average molecular weight is 915 g/mol. The number of fused-ring (bicyclic) bond motifs is 6. The standard InChI is InChI=1S/C62H42O6S/c63-45-25-17-41(18-26-45)61(57-13-5-1-9-53(57)54-10-2-6-14-58(54)61)43-21-29-47(30-22-43)67-49-33-37-51(38-34-49)69(65,66)52-39-35-50(36-40-52)68-48-31-23-44(24-32-48)62(42-19-27-46(64)28-20-42)59-15-7-3-11-55(59)56-12-4-8-16-60(56)62/h1-40,63-64H. The summed E-state index contributed by atoms with van der Waals surface area (Å²) in [6.07, 6.45) is 0. The summed E-state index contributed by atoms with van der Waals surface area (Å²) in [7, 11) is -3.86. The van der Waals surface area contributed by atoms with Crippen LogP contribution in [0.5, 0.6) is 34.5 Å². The Hall–Kier alpha value is -8.65. The summed E-state index contributed by atoms with van der Waals surface area (Å²) in [5.41, 5.74) is 12.2. The minimum Gasteiger partial charge on any atom is -0.508 e. The number of hydrogen-bond acceptors (Lipinski definition) is 6.